The van der Waals surface area contributed by atoms with Gasteiger partial charge in [0.05, 0.1) is 11.6 Å². The molecule has 27 heavy (non-hydrogen) atoms. The zero-order valence-electron chi connectivity index (χ0n) is 16.0. The Kier molecular flexibility index (Phi) is 6.71. The first kappa shape index (κ1) is 18.8. The number of unbranched alkanes of at least 4 members (excludes halogenated alkanes) is 4. The third kappa shape index (κ3) is 5.24. The fourth-order valence-electron chi connectivity index (χ4n) is 3.20. The predicted octanol–water partition coefficient (Wildman–Crippen LogP) is 4.76. The van der Waals surface area contributed by atoms with Crippen LogP contribution in [0.3, 0.4) is 0 Å². The standard InChI is InChI=1S/C24H27N3/c1-2-3-4-5-6-15-26-16-11-22(12-17-26)23-13-18-27(19-14-23)24-9-7-21(20-25)8-10-24/h7-14,16-19H,2-6,15H2,1H3/q+2. The van der Waals surface area contributed by atoms with Gasteiger partial charge in [0.25, 0.3) is 0 Å². The van der Waals surface area contributed by atoms with Gasteiger partial charge >= 0.3 is 0 Å². The highest BCUT2D eigenvalue weighted by Gasteiger charge is 2.08. The van der Waals surface area contributed by atoms with Crippen molar-refractivity contribution >= 4 is 0 Å². The van der Waals surface area contributed by atoms with Gasteiger partial charge in [-0.1, -0.05) is 26.2 Å². The molecule has 0 N–H and O–H groups in total. The van der Waals surface area contributed by atoms with Crippen molar-refractivity contribution in [1.29, 1.82) is 5.26 Å². The second-order valence-electron chi connectivity index (χ2n) is 6.89. The highest BCUT2D eigenvalue weighted by molar-refractivity contribution is 5.61. The Labute approximate surface area is 162 Å². The van der Waals surface area contributed by atoms with Crippen molar-refractivity contribution in [1.82, 2.24) is 0 Å². The number of pyridine rings is 2. The third-order valence-electron chi connectivity index (χ3n) is 4.87. The maximum absolute atomic E-state index is 8.90. The van der Waals surface area contributed by atoms with Crippen molar-refractivity contribution in [2.75, 3.05) is 0 Å². The van der Waals surface area contributed by atoms with Gasteiger partial charge < -0.3 is 0 Å². The minimum absolute atomic E-state index is 0.680. The SMILES string of the molecule is CCCCCCC[n+]1ccc(-c2cc[n+](-c3ccc(C#N)cc3)cc2)cc1. The second-order valence-corrected chi connectivity index (χ2v) is 6.89. The van der Waals surface area contributed by atoms with Crippen LogP contribution >= 0.6 is 0 Å². The molecule has 3 nitrogen and oxygen atoms in total. The average molecular weight is 358 g/mol. The molecule has 2 heterocycles. The van der Waals surface area contributed by atoms with Crippen LogP contribution in [-0.2, 0) is 6.54 Å². The van der Waals surface area contributed by atoms with E-state index in [1.165, 1.54) is 43.2 Å². The molecule has 3 rings (SSSR count). The summed E-state index contributed by atoms with van der Waals surface area (Å²) in [4.78, 5) is 0. The quantitative estimate of drug-likeness (QED) is 0.422. The van der Waals surface area contributed by atoms with Gasteiger partial charge in [0.1, 0.15) is 6.54 Å². The van der Waals surface area contributed by atoms with E-state index in [0.717, 1.165) is 12.2 Å². The number of aryl methyl sites for hydroxylation is 1. The monoisotopic (exact) mass is 357 g/mol. The van der Waals surface area contributed by atoms with E-state index in [0.29, 0.717) is 5.56 Å². The van der Waals surface area contributed by atoms with Crippen LogP contribution in [0, 0.1) is 11.3 Å². The minimum atomic E-state index is 0.680. The fraction of sp³-hybridized carbons (Fsp3) is 0.292. The van der Waals surface area contributed by atoms with Crippen molar-refractivity contribution in [2.45, 2.75) is 45.6 Å². The van der Waals surface area contributed by atoms with Gasteiger partial charge in [-0.2, -0.15) is 9.83 Å². The van der Waals surface area contributed by atoms with Gasteiger partial charge in [0.2, 0.25) is 5.69 Å². The van der Waals surface area contributed by atoms with Crippen LogP contribution in [0.4, 0.5) is 0 Å². The number of nitrogens with zero attached hydrogens (tertiary/aromatic N) is 3. The molecule has 0 aliphatic heterocycles. The van der Waals surface area contributed by atoms with Crippen molar-refractivity contribution in [3.8, 4) is 22.9 Å². The van der Waals surface area contributed by atoms with E-state index in [9.17, 15) is 0 Å². The molecule has 0 fully saturated rings. The summed E-state index contributed by atoms with van der Waals surface area (Å²) in [5.41, 5.74) is 4.16. The molecule has 0 aliphatic rings. The van der Waals surface area contributed by atoms with Crippen molar-refractivity contribution in [2.24, 2.45) is 0 Å². The molecule has 0 amide bonds. The molecule has 0 saturated carbocycles. The predicted molar refractivity (Wildman–Crippen MR) is 107 cm³/mol. The molecular weight excluding hydrogens is 330 g/mol. The Morgan fingerprint density at radius 3 is 1.93 bits per heavy atom. The minimum Gasteiger partial charge on any atom is -0.205 e. The van der Waals surface area contributed by atoms with Crippen molar-refractivity contribution < 1.29 is 9.13 Å². The first-order chi connectivity index (χ1) is 13.3. The Hall–Kier alpha value is -2.99. The van der Waals surface area contributed by atoms with Crippen LogP contribution in [0.1, 0.15) is 44.6 Å². The molecule has 3 aromatic rings. The number of nitriles is 1. The van der Waals surface area contributed by atoms with Crippen LogP contribution in [0.5, 0.6) is 0 Å². The second kappa shape index (κ2) is 9.64. The summed E-state index contributed by atoms with van der Waals surface area (Å²) in [6, 6.07) is 18.4. The Balaban J connectivity index is 1.62. The smallest absolute Gasteiger partial charge is 0.205 e. The van der Waals surface area contributed by atoms with Gasteiger partial charge in [-0.3, -0.25) is 0 Å². The summed E-state index contributed by atoms with van der Waals surface area (Å²) < 4.78 is 4.33. The van der Waals surface area contributed by atoms with Crippen LogP contribution < -0.4 is 9.13 Å². The maximum atomic E-state index is 8.90. The fourth-order valence-corrected chi connectivity index (χ4v) is 3.20. The van der Waals surface area contributed by atoms with E-state index in [1.807, 2.05) is 24.3 Å². The van der Waals surface area contributed by atoms with Gasteiger partial charge in [-0.05, 0) is 29.7 Å². The molecule has 2 aromatic heterocycles. The lowest BCUT2D eigenvalue weighted by Crippen LogP contribution is -2.32. The molecule has 1 aromatic carbocycles. The molecule has 0 aliphatic carbocycles. The molecule has 0 radical (unpaired) electrons. The molecule has 3 heteroatoms. The van der Waals surface area contributed by atoms with E-state index < -0.39 is 0 Å². The van der Waals surface area contributed by atoms with E-state index in [-0.39, 0.29) is 0 Å². The highest BCUT2D eigenvalue weighted by atomic mass is 14.9. The largest absolute Gasteiger partial charge is 0.210 e. The lowest BCUT2D eigenvalue weighted by atomic mass is 10.1. The summed E-state index contributed by atoms with van der Waals surface area (Å²) in [5, 5.41) is 8.90. The van der Waals surface area contributed by atoms with E-state index in [4.69, 9.17) is 5.26 Å². The first-order valence-corrected chi connectivity index (χ1v) is 9.81. The molecule has 0 atom stereocenters. The number of aromatic nitrogens is 2. The number of hydrogen-bond donors (Lipinski definition) is 0. The van der Waals surface area contributed by atoms with Gasteiger partial charge in [-0.15, -0.1) is 0 Å². The van der Waals surface area contributed by atoms with Gasteiger partial charge in [-0.25, -0.2) is 4.57 Å². The Bertz CT molecular complexity index is 873. The lowest BCUT2D eigenvalue weighted by Gasteiger charge is -2.02. The summed E-state index contributed by atoms with van der Waals surface area (Å²) in [7, 11) is 0. The number of rotatable bonds is 8. The number of hydrogen-bond acceptors (Lipinski definition) is 1. The summed E-state index contributed by atoms with van der Waals surface area (Å²) in [6.07, 6.45) is 15.0. The van der Waals surface area contributed by atoms with E-state index in [2.05, 4.69) is 71.2 Å². The van der Waals surface area contributed by atoms with Gasteiger partial charge in [0.15, 0.2) is 24.8 Å². The van der Waals surface area contributed by atoms with E-state index >= 15 is 0 Å². The molecule has 0 spiro atoms. The normalized spacial score (nSPS) is 10.5. The van der Waals surface area contributed by atoms with Crippen LogP contribution in [0.25, 0.3) is 16.8 Å². The van der Waals surface area contributed by atoms with Crippen molar-refractivity contribution in [3.63, 3.8) is 0 Å². The zero-order chi connectivity index (χ0) is 18.9. The van der Waals surface area contributed by atoms with Crippen LogP contribution in [0.2, 0.25) is 0 Å². The molecule has 136 valence electrons. The van der Waals surface area contributed by atoms with Crippen LogP contribution in [-0.4, -0.2) is 0 Å². The summed E-state index contributed by atoms with van der Waals surface area (Å²) >= 11 is 0. The first-order valence-electron chi connectivity index (χ1n) is 9.81. The zero-order valence-corrected chi connectivity index (χ0v) is 16.0. The van der Waals surface area contributed by atoms with Crippen molar-refractivity contribution in [3.05, 3.63) is 78.9 Å². The Morgan fingerprint density at radius 1 is 0.741 bits per heavy atom. The topological polar surface area (TPSA) is 31.5 Å². The number of benzene rings is 1. The average Bonchev–Trinajstić information content (AvgIpc) is 2.74. The Morgan fingerprint density at radius 2 is 1.33 bits per heavy atom. The summed E-state index contributed by atoms with van der Waals surface area (Å²) in [6.45, 7) is 3.35. The van der Waals surface area contributed by atoms with E-state index in [1.54, 1.807) is 0 Å². The van der Waals surface area contributed by atoms with Crippen LogP contribution in [0.15, 0.2) is 73.3 Å². The molecule has 0 unspecified atom stereocenters. The lowest BCUT2D eigenvalue weighted by molar-refractivity contribution is -0.697. The molecular formula is C24H27N3+2. The highest BCUT2D eigenvalue weighted by Crippen LogP contribution is 2.16. The maximum Gasteiger partial charge on any atom is 0.210 e. The molecule has 0 bridgehead atoms. The molecule has 0 saturated heterocycles. The summed E-state index contributed by atoms with van der Waals surface area (Å²) in [5.74, 6) is 0. The third-order valence-corrected chi connectivity index (χ3v) is 4.87. The van der Waals surface area contributed by atoms with Gasteiger partial charge in [0, 0.05) is 42.8 Å².